The third-order valence-corrected chi connectivity index (χ3v) is 4.69. The lowest BCUT2D eigenvalue weighted by Gasteiger charge is -2.43. The molecule has 1 saturated heterocycles. The Kier molecular flexibility index (Phi) is 4.45. The van der Waals surface area contributed by atoms with Gasteiger partial charge >= 0.3 is 0 Å². The molecule has 0 aliphatic carbocycles. The summed E-state index contributed by atoms with van der Waals surface area (Å²) in [6, 6.07) is 6.53. The molecule has 1 aliphatic heterocycles. The molecule has 3 heteroatoms. The molecule has 0 radical (unpaired) electrons. The number of hydrogen-bond donors (Lipinski definition) is 0. The number of piperidine rings is 1. The van der Waals surface area contributed by atoms with E-state index < -0.39 is 0 Å². The fourth-order valence-corrected chi connectivity index (χ4v) is 3.52. The van der Waals surface area contributed by atoms with Gasteiger partial charge in [-0.05, 0) is 36.8 Å². The highest BCUT2D eigenvalue weighted by atomic mass is 35.5. The van der Waals surface area contributed by atoms with Gasteiger partial charge in [0.05, 0.1) is 10.7 Å². The van der Waals surface area contributed by atoms with Crippen LogP contribution in [0, 0.1) is 11.8 Å². The molecule has 3 atom stereocenters. The van der Waals surface area contributed by atoms with E-state index in [1.807, 2.05) is 12.1 Å². The fraction of sp³-hybridized carbons (Fsp3) is 0.600. The molecule has 1 aromatic rings. The lowest BCUT2D eigenvalue weighted by Crippen LogP contribution is -2.46. The number of nitrogens with zero attached hydrogens (tertiary/aromatic N) is 1. The molecule has 100 valence electrons. The average Bonchev–Trinajstić information content (AvgIpc) is 2.33. The SMILES string of the molecule is CC1CC(C)C(C)N(c2c(Cl)cccc2CCl)C1. The van der Waals surface area contributed by atoms with E-state index in [4.69, 9.17) is 23.2 Å². The van der Waals surface area contributed by atoms with Crippen molar-refractivity contribution in [3.63, 3.8) is 0 Å². The number of halogens is 2. The number of rotatable bonds is 2. The maximum absolute atomic E-state index is 6.40. The van der Waals surface area contributed by atoms with Gasteiger partial charge in [0.15, 0.2) is 0 Å². The minimum Gasteiger partial charge on any atom is -0.367 e. The smallest absolute Gasteiger partial charge is 0.0642 e. The zero-order valence-corrected chi connectivity index (χ0v) is 12.8. The van der Waals surface area contributed by atoms with E-state index in [-0.39, 0.29) is 0 Å². The van der Waals surface area contributed by atoms with Crippen LogP contribution in [0.5, 0.6) is 0 Å². The summed E-state index contributed by atoms with van der Waals surface area (Å²) in [6.07, 6.45) is 1.29. The van der Waals surface area contributed by atoms with Crippen molar-refractivity contribution in [3.05, 3.63) is 28.8 Å². The van der Waals surface area contributed by atoms with Crippen LogP contribution in [0.25, 0.3) is 0 Å². The van der Waals surface area contributed by atoms with Gasteiger partial charge in [0.2, 0.25) is 0 Å². The number of para-hydroxylation sites is 1. The van der Waals surface area contributed by atoms with Gasteiger partial charge in [-0.2, -0.15) is 0 Å². The fourth-order valence-electron chi connectivity index (χ4n) is 3.00. The van der Waals surface area contributed by atoms with Gasteiger partial charge in [-0.1, -0.05) is 37.6 Å². The first-order chi connectivity index (χ1) is 8.54. The third kappa shape index (κ3) is 2.62. The van der Waals surface area contributed by atoms with Crippen LogP contribution in [0.4, 0.5) is 5.69 Å². The van der Waals surface area contributed by atoms with E-state index in [2.05, 4.69) is 31.7 Å². The molecule has 0 spiro atoms. The first-order valence-electron chi connectivity index (χ1n) is 6.64. The Bertz CT molecular complexity index is 419. The Labute approximate surface area is 120 Å². The zero-order chi connectivity index (χ0) is 13.3. The van der Waals surface area contributed by atoms with Crippen LogP contribution in [-0.4, -0.2) is 12.6 Å². The first kappa shape index (κ1) is 14.0. The Hall–Kier alpha value is -0.400. The minimum absolute atomic E-state index is 0.516. The average molecular weight is 286 g/mol. The van der Waals surface area contributed by atoms with Crippen molar-refractivity contribution in [2.45, 2.75) is 39.1 Å². The molecule has 0 saturated carbocycles. The summed E-state index contributed by atoms with van der Waals surface area (Å²) in [7, 11) is 0. The molecule has 1 fully saturated rings. The van der Waals surface area contributed by atoms with E-state index >= 15 is 0 Å². The minimum atomic E-state index is 0.516. The highest BCUT2D eigenvalue weighted by Crippen LogP contribution is 2.37. The molecule has 0 N–H and O–H groups in total. The Morgan fingerprint density at radius 3 is 2.67 bits per heavy atom. The van der Waals surface area contributed by atoms with Crippen LogP contribution in [-0.2, 0) is 5.88 Å². The van der Waals surface area contributed by atoms with Gasteiger partial charge in [0, 0.05) is 18.5 Å². The number of hydrogen-bond acceptors (Lipinski definition) is 1. The standard InChI is InChI=1S/C15H21Cl2N/c1-10-7-11(2)12(3)18(9-10)15-13(8-16)5-4-6-14(15)17/h4-6,10-12H,7-9H2,1-3H3. The number of anilines is 1. The Morgan fingerprint density at radius 1 is 1.28 bits per heavy atom. The van der Waals surface area contributed by atoms with Crippen LogP contribution in [0.15, 0.2) is 18.2 Å². The molecule has 0 aromatic heterocycles. The van der Waals surface area contributed by atoms with Gasteiger partial charge in [-0.25, -0.2) is 0 Å². The van der Waals surface area contributed by atoms with Gasteiger partial charge in [-0.3, -0.25) is 0 Å². The van der Waals surface area contributed by atoms with Crippen molar-refractivity contribution in [1.29, 1.82) is 0 Å². The first-order valence-corrected chi connectivity index (χ1v) is 7.55. The van der Waals surface area contributed by atoms with Crippen molar-refractivity contribution in [2.24, 2.45) is 11.8 Å². The van der Waals surface area contributed by atoms with Gasteiger partial charge in [0.1, 0.15) is 0 Å². The van der Waals surface area contributed by atoms with Crippen molar-refractivity contribution >= 4 is 28.9 Å². The predicted octanol–water partition coefficient (Wildman–Crippen LogP) is 4.95. The predicted molar refractivity (Wildman–Crippen MR) is 80.8 cm³/mol. The molecule has 0 bridgehead atoms. The van der Waals surface area contributed by atoms with Gasteiger partial charge < -0.3 is 4.90 Å². The third-order valence-electron chi connectivity index (χ3n) is 4.10. The van der Waals surface area contributed by atoms with E-state index in [1.165, 1.54) is 6.42 Å². The van der Waals surface area contributed by atoms with Crippen LogP contribution in [0.3, 0.4) is 0 Å². The number of alkyl halides is 1. The highest BCUT2D eigenvalue weighted by Gasteiger charge is 2.30. The molecule has 2 rings (SSSR count). The maximum Gasteiger partial charge on any atom is 0.0642 e. The molecule has 1 heterocycles. The second-order valence-corrected chi connectivity index (χ2v) is 6.27. The normalized spacial score (nSPS) is 28.5. The molecule has 18 heavy (non-hydrogen) atoms. The van der Waals surface area contributed by atoms with E-state index in [0.29, 0.717) is 23.8 Å². The Balaban J connectivity index is 2.40. The van der Waals surface area contributed by atoms with E-state index in [0.717, 1.165) is 22.8 Å². The topological polar surface area (TPSA) is 3.24 Å². The lowest BCUT2D eigenvalue weighted by atomic mass is 9.85. The van der Waals surface area contributed by atoms with E-state index in [9.17, 15) is 0 Å². The van der Waals surface area contributed by atoms with Crippen molar-refractivity contribution < 1.29 is 0 Å². The van der Waals surface area contributed by atoms with Crippen LogP contribution < -0.4 is 4.90 Å². The van der Waals surface area contributed by atoms with Crippen LogP contribution in [0.1, 0.15) is 32.8 Å². The molecule has 0 amide bonds. The largest absolute Gasteiger partial charge is 0.367 e. The second-order valence-electron chi connectivity index (χ2n) is 5.59. The highest BCUT2D eigenvalue weighted by molar-refractivity contribution is 6.33. The van der Waals surface area contributed by atoms with Gasteiger partial charge in [0.25, 0.3) is 0 Å². The summed E-state index contributed by atoms with van der Waals surface area (Å²) in [6.45, 7) is 7.99. The second kappa shape index (κ2) is 5.71. The van der Waals surface area contributed by atoms with Gasteiger partial charge in [-0.15, -0.1) is 11.6 Å². The summed E-state index contributed by atoms with van der Waals surface area (Å²) in [5.74, 6) is 1.91. The summed E-state index contributed by atoms with van der Waals surface area (Å²) >= 11 is 12.5. The quantitative estimate of drug-likeness (QED) is 0.695. The lowest BCUT2D eigenvalue weighted by molar-refractivity contribution is 0.297. The monoisotopic (exact) mass is 285 g/mol. The van der Waals surface area contributed by atoms with Crippen LogP contribution >= 0.6 is 23.2 Å². The molecular weight excluding hydrogens is 265 g/mol. The Morgan fingerprint density at radius 2 is 2.00 bits per heavy atom. The van der Waals surface area contributed by atoms with Crippen molar-refractivity contribution in [2.75, 3.05) is 11.4 Å². The molecule has 1 nitrogen and oxygen atoms in total. The number of benzene rings is 1. The van der Waals surface area contributed by atoms with E-state index in [1.54, 1.807) is 0 Å². The maximum atomic E-state index is 6.40. The molecule has 3 unspecified atom stereocenters. The summed E-state index contributed by atoms with van der Waals surface area (Å²) in [4.78, 5) is 2.44. The summed E-state index contributed by atoms with van der Waals surface area (Å²) in [5, 5.41) is 0.821. The zero-order valence-electron chi connectivity index (χ0n) is 11.3. The molecular formula is C15H21Cl2N. The summed E-state index contributed by atoms with van der Waals surface area (Å²) in [5.41, 5.74) is 2.28. The van der Waals surface area contributed by atoms with Crippen LogP contribution in [0.2, 0.25) is 5.02 Å². The van der Waals surface area contributed by atoms with Crippen molar-refractivity contribution in [1.82, 2.24) is 0 Å². The van der Waals surface area contributed by atoms with Crippen molar-refractivity contribution in [3.8, 4) is 0 Å². The molecule has 1 aromatic carbocycles. The molecule has 1 aliphatic rings. The summed E-state index contributed by atoms with van der Waals surface area (Å²) < 4.78 is 0.